The van der Waals surface area contributed by atoms with Crippen molar-refractivity contribution in [3.63, 3.8) is 0 Å². The molecule has 4 saturated heterocycles. The Morgan fingerprint density at radius 2 is 1.00 bits per heavy atom. The van der Waals surface area contributed by atoms with E-state index in [2.05, 4.69) is 55.6 Å². The van der Waals surface area contributed by atoms with Crippen LogP contribution in [0.25, 0.3) is 0 Å². The van der Waals surface area contributed by atoms with Crippen LogP contribution in [-0.4, -0.2) is 144 Å². The van der Waals surface area contributed by atoms with Crippen molar-refractivity contribution in [2.24, 2.45) is 10.8 Å². The molecule has 4 heterocycles. The Hall–Kier alpha value is -4.50. The number of amides is 6. The van der Waals surface area contributed by atoms with Gasteiger partial charge in [-0.25, -0.2) is 0 Å². The zero-order valence-electron chi connectivity index (χ0n) is 42.4. The number of hydrogen-bond donors (Lipinski definition) is 6. The van der Waals surface area contributed by atoms with E-state index in [1.165, 1.54) is 0 Å². The van der Waals surface area contributed by atoms with E-state index in [1.807, 2.05) is 88.4 Å². The van der Waals surface area contributed by atoms with E-state index in [0.717, 1.165) is 11.1 Å². The monoisotopic (exact) mass is 1070 g/mol. The second-order valence-corrected chi connectivity index (χ2v) is 22.2. The third kappa shape index (κ3) is 15.1. The SMILES string of the molecule is CNC(C)C(=O)N[C@H]1CCS[C@H]2CC(C)(C)[C@@H](C(=O)NC(COCC#CC#CCOCC(NC(=O)[C@H]3N4C(=O)[C@@H](NC(=O)C(C)NC)CCS[C@H]4CC3(C)C)c3ccccc3)c3ccccc3)N2C1=O.Cl.Cl. The third-order valence-corrected chi connectivity index (χ3v) is 16.1. The fraction of sp³-hybridized carbons (Fsp3) is 0.577. The summed E-state index contributed by atoms with van der Waals surface area (Å²) < 4.78 is 12.0. The molecule has 394 valence electrons. The lowest BCUT2D eigenvalue weighted by atomic mass is 9.83. The maximum Gasteiger partial charge on any atom is 0.246 e. The maximum atomic E-state index is 14.3. The van der Waals surface area contributed by atoms with Gasteiger partial charge in [0, 0.05) is 0 Å². The molecule has 2 aromatic carbocycles. The van der Waals surface area contributed by atoms with Gasteiger partial charge in [-0.2, -0.15) is 0 Å². The van der Waals surface area contributed by atoms with Crippen molar-refractivity contribution in [2.75, 3.05) is 52.0 Å². The number of ether oxygens (including phenoxy) is 2. The van der Waals surface area contributed by atoms with Gasteiger partial charge in [0.1, 0.15) is 37.4 Å². The van der Waals surface area contributed by atoms with Gasteiger partial charge in [-0.3, -0.25) is 28.8 Å². The summed E-state index contributed by atoms with van der Waals surface area (Å²) in [5.74, 6) is 11.2. The molecule has 0 aromatic heterocycles. The first-order chi connectivity index (χ1) is 33.5. The van der Waals surface area contributed by atoms with Crippen LogP contribution in [0, 0.1) is 34.5 Å². The molecular formula is C52H72Cl2N8O8S2. The average Bonchev–Trinajstić information content (AvgIpc) is 3.66. The molecule has 0 saturated carbocycles. The molecule has 0 aliphatic carbocycles. The lowest BCUT2D eigenvalue weighted by Crippen LogP contribution is -2.58. The average molecular weight is 1070 g/mol. The van der Waals surface area contributed by atoms with E-state index in [-0.39, 0.29) is 97.4 Å². The molecule has 4 unspecified atom stereocenters. The minimum absolute atomic E-state index is 0. The van der Waals surface area contributed by atoms with E-state index in [9.17, 15) is 28.8 Å². The number of hydrogen-bond acceptors (Lipinski definition) is 12. The van der Waals surface area contributed by atoms with Gasteiger partial charge >= 0.3 is 0 Å². The zero-order valence-corrected chi connectivity index (χ0v) is 45.7. The largest absolute Gasteiger partial charge is 0.366 e. The van der Waals surface area contributed by atoms with Crippen LogP contribution in [-0.2, 0) is 38.2 Å². The number of thioether (sulfide) groups is 2. The van der Waals surface area contributed by atoms with Crippen molar-refractivity contribution in [2.45, 2.75) is 126 Å². The third-order valence-electron chi connectivity index (χ3n) is 13.6. The van der Waals surface area contributed by atoms with Gasteiger partial charge in [0.15, 0.2) is 0 Å². The Labute approximate surface area is 446 Å². The molecule has 0 spiro atoms. The summed E-state index contributed by atoms with van der Waals surface area (Å²) >= 11 is 3.29. The molecule has 6 rings (SSSR count). The van der Waals surface area contributed by atoms with E-state index in [4.69, 9.17) is 9.47 Å². The normalized spacial score (nSPS) is 24.4. The summed E-state index contributed by atoms with van der Waals surface area (Å²) in [6.07, 6.45) is 2.23. The van der Waals surface area contributed by atoms with Gasteiger partial charge in [-0.05, 0) is 98.9 Å². The van der Waals surface area contributed by atoms with Crippen LogP contribution < -0.4 is 31.9 Å². The first-order valence-electron chi connectivity index (χ1n) is 24.1. The first-order valence-corrected chi connectivity index (χ1v) is 26.2. The number of carbonyl (C=O) groups is 6. The summed E-state index contributed by atoms with van der Waals surface area (Å²) in [4.78, 5) is 85.8. The summed E-state index contributed by atoms with van der Waals surface area (Å²) in [5.41, 5.74) is 0.604. The lowest BCUT2D eigenvalue weighted by molar-refractivity contribution is -0.144. The van der Waals surface area contributed by atoms with Crippen LogP contribution in [0.2, 0.25) is 0 Å². The summed E-state index contributed by atoms with van der Waals surface area (Å²) in [6, 6.07) is 14.0. The number of nitrogens with one attached hydrogen (secondary N) is 6. The number of fused-ring (bicyclic) bond motifs is 2. The van der Waals surface area contributed by atoms with Crippen LogP contribution >= 0.6 is 48.3 Å². The van der Waals surface area contributed by atoms with Crippen molar-refractivity contribution in [1.29, 1.82) is 0 Å². The standard InChI is InChI=1S/C52H70N8O8S2.2ClH/c1-33(53-7)45(61)55-37-23-27-69-41-29-51(3,4)43(59(41)49(37)65)47(63)57-39(35-19-13-11-14-20-35)31-67-25-17-9-10-18-26-68-32-40(36-21-15-12-16-22-36)58-48(64)44-52(5,6)30-42-60(44)50(66)38(24-28-70-42)56-46(62)34(2)54-8;;/h11-16,19-22,33-34,37-44,53-54H,23-32H2,1-8H3,(H,55,61)(H,56,62)(H,57,63)(H,58,64);2*1H/t33?,34?,37-,38-,39?,40?,41-,42-,43+,44+;;/m0../s1. The molecule has 4 aliphatic rings. The number of likely N-dealkylation sites (N-methyl/N-ethyl adjacent to an activating group) is 2. The van der Waals surface area contributed by atoms with Crippen LogP contribution in [0.1, 0.15) is 90.4 Å². The summed E-state index contributed by atoms with van der Waals surface area (Å²) in [6.45, 7) is 11.8. The molecule has 20 heteroatoms. The zero-order chi connectivity index (χ0) is 50.6. The van der Waals surface area contributed by atoms with Gasteiger partial charge < -0.3 is 51.2 Å². The molecular weight excluding hydrogens is 1000 g/mol. The second kappa shape index (κ2) is 27.7. The molecule has 0 radical (unpaired) electrons. The Balaban J connectivity index is 0.00000562. The predicted octanol–water partition coefficient (Wildman–Crippen LogP) is 3.95. The fourth-order valence-electron chi connectivity index (χ4n) is 9.49. The first kappa shape index (κ1) is 60.1. The molecule has 0 bridgehead atoms. The van der Waals surface area contributed by atoms with Crippen LogP contribution in [0.15, 0.2) is 60.7 Å². The highest BCUT2D eigenvalue weighted by Crippen LogP contribution is 2.48. The smallest absolute Gasteiger partial charge is 0.246 e. The number of rotatable bonds is 18. The topological polar surface area (TPSA) is 200 Å². The van der Waals surface area contributed by atoms with Crippen molar-refractivity contribution < 1.29 is 38.2 Å². The number of halogens is 2. The summed E-state index contributed by atoms with van der Waals surface area (Å²) in [5, 5.41) is 17.6. The number of nitrogens with zero attached hydrogens (tertiary/aromatic N) is 2. The van der Waals surface area contributed by atoms with Crippen molar-refractivity contribution in [1.82, 2.24) is 41.7 Å². The molecule has 2 aromatic rings. The van der Waals surface area contributed by atoms with Gasteiger partial charge in [-0.1, -0.05) is 100 Å². The Bertz CT molecular complexity index is 2150. The number of benzene rings is 2. The van der Waals surface area contributed by atoms with E-state index in [1.54, 1.807) is 61.3 Å². The molecule has 6 N–H and O–H groups in total. The van der Waals surface area contributed by atoms with Crippen LogP contribution in [0.3, 0.4) is 0 Å². The van der Waals surface area contributed by atoms with Gasteiger partial charge in [-0.15, -0.1) is 48.3 Å². The van der Waals surface area contributed by atoms with Crippen molar-refractivity contribution in [3.05, 3.63) is 71.8 Å². The minimum atomic E-state index is -0.766. The van der Waals surface area contributed by atoms with Crippen molar-refractivity contribution >= 4 is 83.8 Å². The molecule has 6 amide bonds. The maximum absolute atomic E-state index is 14.3. The fourth-order valence-corrected chi connectivity index (χ4v) is 12.6. The van der Waals surface area contributed by atoms with Crippen molar-refractivity contribution in [3.8, 4) is 23.7 Å². The molecule has 16 nitrogen and oxygen atoms in total. The van der Waals surface area contributed by atoms with Crippen LogP contribution in [0.5, 0.6) is 0 Å². The van der Waals surface area contributed by atoms with E-state index < -0.39 is 59.2 Å². The number of carbonyl (C=O) groups excluding carboxylic acids is 6. The Kier molecular flexibility index (Phi) is 23.1. The Morgan fingerprint density at radius 3 is 1.35 bits per heavy atom. The quantitative estimate of drug-likeness (QED) is 0.0931. The lowest BCUT2D eigenvalue weighted by Gasteiger charge is -2.35. The van der Waals surface area contributed by atoms with Gasteiger partial charge in [0.2, 0.25) is 35.4 Å². The molecule has 72 heavy (non-hydrogen) atoms. The van der Waals surface area contributed by atoms with E-state index in [0.29, 0.717) is 37.2 Å². The predicted molar refractivity (Wildman–Crippen MR) is 287 cm³/mol. The second-order valence-electron chi connectivity index (χ2n) is 19.6. The highest BCUT2D eigenvalue weighted by atomic mass is 35.5. The summed E-state index contributed by atoms with van der Waals surface area (Å²) in [7, 11) is 3.38. The highest BCUT2D eigenvalue weighted by Gasteiger charge is 2.56. The van der Waals surface area contributed by atoms with Crippen LogP contribution in [0.4, 0.5) is 0 Å². The minimum Gasteiger partial charge on any atom is -0.366 e. The van der Waals surface area contributed by atoms with E-state index >= 15 is 0 Å². The van der Waals surface area contributed by atoms with Gasteiger partial charge in [0.25, 0.3) is 0 Å². The Morgan fingerprint density at radius 1 is 0.639 bits per heavy atom. The molecule has 4 aliphatic heterocycles. The van der Waals surface area contributed by atoms with Gasteiger partial charge in [0.05, 0.1) is 48.1 Å². The highest BCUT2D eigenvalue weighted by molar-refractivity contribution is 8.00. The molecule has 10 atom stereocenters. The molecule has 4 fully saturated rings.